The molecule has 3 N–H and O–H groups in total. The van der Waals surface area contributed by atoms with E-state index in [0.717, 1.165) is 23.7 Å². The fourth-order valence-electron chi connectivity index (χ4n) is 3.33. The lowest BCUT2D eigenvalue weighted by atomic mass is 9.82. The lowest BCUT2D eigenvalue weighted by Crippen LogP contribution is -2.29. The number of nitrogen functional groups attached to an aromatic ring is 1. The third-order valence-corrected chi connectivity index (χ3v) is 4.11. The van der Waals surface area contributed by atoms with Gasteiger partial charge in [-0.05, 0) is 43.2 Å². The van der Waals surface area contributed by atoms with Crippen LogP contribution in [0.25, 0.3) is 10.9 Å². The zero-order chi connectivity index (χ0) is 14.8. The fraction of sp³-hybridized carbons (Fsp3) is 0.500. The van der Waals surface area contributed by atoms with E-state index in [-0.39, 0.29) is 6.10 Å². The Bertz CT molecular complexity index is 621. The summed E-state index contributed by atoms with van der Waals surface area (Å²) in [6, 6.07) is 7.85. The summed E-state index contributed by atoms with van der Waals surface area (Å²) in [4.78, 5) is 8.74. The first-order valence-corrected chi connectivity index (χ1v) is 7.55. The number of ether oxygens (including phenoxy) is 1. The molecule has 0 aliphatic heterocycles. The lowest BCUT2D eigenvalue weighted by molar-refractivity contribution is 0.0983. The van der Waals surface area contributed by atoms with Crippen molar-refractivity contribution >= 4 is 16.9 Å². The van der Waals surface area contributed by atoms with Gasteiger partial charge in [-0.3, -0.25) is 5.43 Å². The van der Waals surface area contributed by atoms with Gasteiger partial charge in [-0.2, -0.15) is 4.98 Å². The third-order valence-electron chi connectivity index (χ3n) is 4.11. The van der Waals surface area contributed by atoms with E-state index in [1.807, 2.05) is 24.3 Å². The van der Waals surface area contributed by atoms with E-state index in [1.54, 1.807) is 0 Å². The Kier molecular flexibility index (Phi) is 3.92. The van der Waals surface area contributed by atoms with Gasteiger partial charge in [0.1, 0.15) is 6.10 Å². The maximum absolute atomic E-state index is 6.21. The first-order chi connectivity index (χ1) is 10.2. The molecule has 1 fully saturated rings. The topological polar surface area (TPSA) is 73.1 Å². The Morgan fingerprint density at radius 1 is 1.10 bits per heavy atom. The number of nitrogens with one attached hydrogen (secondary N) is 1. The van der Waals surface area contributed by atoms with Crippen molar-refractivity contribution in [1.29, 1.82) is 0 Å². The Hall–Kier alpha value is -1.88. The average molecular weight is 286 g/mol. The Balaban J connectivity index is 1.92. The first kappa shape index (κ1) is 14.1. The molecule has 21 heavy (non-hydrogen) atoms. The molecular weight excluding hydrogens is 264 g/mol. The lowest BCUT2D eigenvalue weighted by Gasteiger charge is -2.31. The molecule has 1 aliphatic carbocycles. The second-order valence-corrected chi connectivity index (χ2v) is 6.17. The second kappa shape index (κ2) is 5.85. The zero-order valence-corrected chi connectivity index (χ0v) is 12.5. The molecule has 1 aliphatic rings. The summed E-state index contributed by atoms with van der Waals surface area (Å²) >= 11 is 0. The van der Waals surface area contributed by atoms with Crippen LogP contribution < -0.4 is 16.0 Å². The minimum absolute atomic E-state index is 0.215. The summed E-state index contributed by atoms with van der Waals surface area (Å²) in [5.41, 5.74) is 3.35. The van der Waals surface area contributed by atoms with Gasteiger partial charge in [0.15, 0.2) is 0 Å². The number of benzene rings is 1. The van der Waals surface area contributed by atoms with E-state index in [4.69, 9.17) is 10.6 Å². The van der Waals surface area contributed by atoms with Gasteiger partial charge in [0.25, 0.3) is 0 Å². The van der Waals surface area contributed by atoms with Crippen molar-refractivity contribution in [2.75, 3.05) is 5.43 Å². The molecule has 2 aromatic rings. The molecule has 0 saturated heterocycles. The molecule has 2 unspecified atom stereocenters. The first-order valence-electron chi connectivity index (χ1n) is 7.55. The molecule has 1 saturated carbocycles. The minimum atomic E-state index is 0.215. The smallest absolute Gasteiger partial charge is 0.241 e. The summed E-state index contributed by atoms with van der Waals surface area (Å²) < 4.78 is 6.21. The van der Waals surface area contributed by atoms with Gasteiger partial charge < -0.3 is 4.74 Å². The molecule has 0 radical (unpaired) electrons. The molecule has 0 spiro atoms. The Morgan fingerprint density at radius 2 is 1.81 bits per heavy atom. The highest BCUT2D eigenvalue weighted by Gasteiger charge is 2.26. The van der Waals surface area contributed by atoms with Crippen molar-refractivity contribution in [3.05, 3.63) is 24.3 Å². The molecule has 0 amide bonds. The number of rotatable bonds is 3. The molecule has 112 valence electrons. The van der Waals surface area contributed by atoms with Crippen molar-refractivity contribution in [3.63, 3.8) is 0 Å². The van der Waals surface area contributed by atoms with Crippen molar-refractivity contribution in [2.45, 2.75) is 39.2 Å². The van der Waals surface area contributed by atoms with Gasteiger partial charge in [-0.25, -0.2) is 10.8 Å². The highest BCUT2D eigenvalue weighted by Crippen LogP contribution is 2.33. The zero-order valence-electron chi connectivity index (χ0n) is 12.5. The summed E-state index contributed by atoms with van der Waals surface area (Å²) in [5, 5.41) is 0.933. The van der Waals surface area contributed by atoms with Gasteiger partial charge in [0, 0.05) is 0 Å². The van der Waals surface area contributed by atoms with Crippen LogP contribution in [0.1, 0.15) is 33.1 Å². The maximum Gasteiger partial charge on any atom is 0.241 e. The van der Waals surface area contributed by atoms with E-state index in [1.165, 1.54) is 6.42 Å². The van der Waals surface area contributed by atoms with Gasteiger partial charge in [-0.1, -0.05) is 26.0 Å². The molecule has 1 aromatic heterocycles. The maximum atomic E-state index is 6.21. The van der Waals surface area contributed by atoms with Crippen molar-refractivity contribution in [2.24, 2.45) is 17.7 Å². The molecule has 0 bridgehead atoms. The van der Waals surface area contributed by atoms with Crippen molar-refractivity contribution < 1.29 is 4.74 Å². The molecular formula is C16H22N4O. The molecule has 1 aromatic carbocycles. The summed E-state index contributed by atoms with van der Waals surface area (Å²) in [5.74, 6) is 7.86. The van der Waals surface area contributed by atoms with Crippen LogP contribution in [0.15, 0.2) is 24.3 Å². The average Bonchev–Trinajstić information content (AvgIpc) is 2.46. The monoisotopic (exact) mass is 286 g/mol. The highest BCUT2D eigenvalue weighted by molar-refractivity contribution is 5.84. The second-order valence-electron chi connectivity index (χ2n) is 6.17. The number of para-hydroxylation sites is 1. The SMILES string of the molecule is CC1CC(C)CC(Oc2nc(NN)nc3ccccc23)C1. The minimum Gasteiger partial charge on any atom is -0.474 e. The van der Waals surface area contributed by atoms with Crippen LogP contribution in [-0.2, 0) is 0 Å². The predicted molar refractivity (Wildman–Crippen MR) is 83.9 cm³/mol. The number of aromatic nitrogens is 2. The highest BCUT2D eigenvalue weighted by atomic mass is 16.5. The van der Waals surface area contributed by atoms with Crippen LogP contribution in [0.3, 0.4) is 0 Å². The van der Waals surface area contributed by atoms with Crippen LogP contribution in [0.5, 0.6) is 5.88 Å². The van der Waals surface area contributed by atoms with Gasteiger partial charge in [0.05, 0.1) is 10.9 Å². The Labute approximate surface area is 124 Å². The van der Waals surface area contributed by atoms with Gasteiger partial charge in [0.2, 0.25) is 11.8 Å². The van der Waals surface area contributed by atoms with Crippen LogP contribution in [0.4, 0.5) is 5.95 Å². The molecule has 5 nitrogen and oxygen atoms in total. The van der Waals surface area contributed by atoms with Gasteiger partial charge >= 0.3 is 0 Å². The normalized spacial score (nSPS) is 25.8. The van der Waals surface area contributed by atoms with Gasteiger partial charge in [-0.15, -0.1) is 0 Å². The number of hydrogen-bond acceptors (Lipinski definition) is 5. The van der Waals surface area contributed by atoms with E-state index >= 15 is 0 Å². The van der Waals surface area contributed by atoms with E-state index in [9.17, 15) is 0 Å². The third kappa shape index (κ3) is 3.08. The number of fused-ring (bicyclic) bond motifs is 1. The number of hydrogen-bond donors (Lipinski definition) is 2. The standard InChI is InChI=1S/C16H22N4O/c1-10-7-11(2)9-12(8-10)21-15-13-5-3-4-6-14(13)18-16(19-15)20-17/h3-6,10-12H,7-9,17H2,1-2H3,(H,18,19,20). The molecule has 1 heterocycles. The number of nitrogens with two attached hydrogens (primary N) is 1. The number of anilines is 1. The Morgan fingerprint density at radius 3 is 2.52 bits per heavy atom. The molecule has 3 rings (SSSR count). The van der Waals surface area contributed by atoms with Crippen molar-refractivity contribution in [3.8, 4) is 5.88 Å². The number of hydrazine groups is 1. The van der Waals surface area contributed by atoms with Crippen LogP contribution >= 0.6 is 0 Å². The van der Waals surface area contributed by atoms with Crippen LogP contribution in [-0.4, -0.2) is 16.1 Å². The predicted octanol–water partition coefficient (Wildman–Crippen LogP) is 3.12. The molecule has 2 atom stereocenters. The summed E-state index contributed by atoms with van der Waals surface area (Å²) in [6.07, 6.45) is 3.65. The quantitative estimate of drug-likeness (QED) is 0.670. The number of nitrogens with zero attached hydrogens (tertiary/aromatic N) is 2. The van der Waals surface area contributed by atoms with Crippen LogP contribution in [0.2, 0.25) is 0 Å². The van der Waals surface area contributed by atoms with E-state index in [0.29, 0.717) is 23.7 Å². The largest absolute Gasteiger partial charge is 0.474 e. The fourth-order valence-corrected chi connectivity index (χ4v) is 3.33. The summed E-state index contributed by atoms with van der Waals surface area (Å²) in [6.45, 7) is 4.58. The van der Waals surface area contributed by atoms with Crippen LogP contribution in [0, 0.1) is 11.8 Å². The molecule has 5 heteroatoms. The van der Waals surface area contributed by atoms with E-state index < -0.39 is 0 Å². The van der Waals surface area contributed by atoms with Crippen molar-refractivity contribution in [1.82, 2.24) is 9.97 Å². The summed E-state index contributed by atoms with van der Waals surface area (Å²) in [7, 11) is 0. The van der Waals surface area contributed by atoms with E-state index in [2.05, 4.69) is 29.2 Å².